The Morgan fingerprint density at radius 1 is 1.03 bits per heavy atom. The quantitative estimate of drug-likeness (QED) is 0.603. The van der Waals surface area contributed by atoms with Crippen molar-refractivity contribution >= 4 is 23.4 Å². The SMILES string of the molecule is CNC(C)C(=O)NC(C(=O)N1Cc2ccccc2[C@H]1C(=O)Nc1c(F)cccc1F)C(C)(C)C. The van der Waals surface area contributed by atoms with Crippen molar-refractivity contribution in [3.8, 4) is 0 Å². The Bertz CT molecular complexity index is 1080. The van der Waals surface area contributed by atoms with E-state index in [9.17, 15) is 23.2 Å². The third kappa shape index (κ3) is 5.09. The van der Waals surface area contributed by atoms with Gasteiger partial charge in [0.2, 0.25) is 11.8 Å². The number of nitrogens with one attached hydrogen (secondary N) is 3. The van der Waals surface area contributed by atoms with E-state index in [-0.39, 0.29) is 12.5 Å². The number of fused-ring (bicyclic) bond motifs is 1. The van der Waals surface area contributed by atoms with E-state index in [1.807, 2.05) is 20.8 Å². The van der Waals surface area contributed by atoms with Crippen molar-refractivity contribution in [3.05, 3.63) is 65.2 Å². The number of hydrogen-bond donors (Lipinski definition) is 3. The first-order chi connectivity index (χ1) is 16.0. The number of nitrogens with zero attached hydrogens (tertiary/aromatic N) is 1. The van der Waals surface area contributed by atoms with Gasteiger partial charge in [-0.05, 0) is 42.6 Å². The monoisotopic (exact) mass is 472 g/mol. The summed E-state index contributed by atoms with van der Waals surface area (Å²) in [6.45, 7) is 7.23. The molecule has 2 aromatic rings. The highest BCUT2D eigenvalue weighted by atomic mass is 19.1. The predicted octanol–water partition coefficient (Wildman–Crippen LogP) is 3.13. The molecule has 0 saturated heterocycles. The number of amides is 3. The second kappa shape index (κ2) is 9.89. The van der Waals surface area contributed by atoms with Crippen LogP contribution < -0.4 is 16.0 Å². The number of benzene rings is 2. The predicted molar refractivity (Wildman–Crippen MR) is 125 cm³/mol. The lowest BCUT2D eigenvalue weighted by Gasteiger charge is -2.36. The van der Waals surface area contributed by atoms with Gasteiger partial charge in [-0.1, -0.05) is 51.1 Å². The Kier molecular flexibility index (Phi) is 7.35. The minimum atomic E-state index is -1.12. The molecule has 0 spiro atoms. The number of carbonyl (C=O) groups is 3. The van der Waals surface area contributed by atoms with Crippen LogP contribution in [-0.4, -0.2) is 41.8 Å². The Hall–Kier alpha value is -3.33. The van der Waals surface area contributed by atoms with Crippen LogP contribution >= 0.6 is 0 Å². The van der Waals surface area contributed by atoms with Crippen LogP contribution in [0.3, 0.4) is 0 Å². The molecule has 3 N–H and O–H groups in total. The Morgan fingerprint density at radius 2 is 1.65 bits per heavy atom. The summed E-state index contributed by atoms with van der Waals surface area (Å²) in [6, 6.07) is 7.71. The van der Waals surface area contributed by atoms with E-state index in [4.69, 9.17) is 0 Å². The smallest absolute Gasteiger partial charge is 0.252 e. The third-order valence-corrected chi connectivity index (χ3v) is 5.97. The molecule has 3 rings (SSSR count). The molecule has 34 heavy (non-hydrogen) atoms. The molecule has 0 bridgehead atoms. The van der Waals surface area contributed by atoms with Crippen molar-refractivity contribution in [3.63, 3.8) is 0 Å². The molecule has 2 aromatic carbocycles. The van der Waals surface area contributed by atoms with Gasteiger partial charge in [0, 0.05) is 6.54 Å². The Labute approximate surface area is 197 Å². The molecule has 7 nitrogen and oxygen atoms in total. The van der Waals surface area contributed by atoms with Crippen LogP contribution in [0.25, 0.3) is 0 Å². The van der Waals surface area contributed by atoms with Crippen LogP contribution in [-0.2, 0) is 20.9 Å². The zero-order valence-electron chi connectivity index (χ0n) is 19.9. The lowest BCUT2D eigenvalue weighted by molar-refractivity contribution is -0.144. The number of carbonyl (C=O) groups excluding carboxylic acids is 3. The van der Waals surface area contributed by atoms with Gasteiger partial charge in [0.15, 0.2) is 0 Å². The summed E-state index contributed by atoms with van der Waals surface area (Å²) in [7, 11) is 1.64. The van der Waals surface area contributed by atoms with Crippen molar-refractivity contribution in [1.82, 2.24) is 15.5 Å². The molecule has 1 aliphatic rings. The molecule has 1 aliphatic heterocycles. The summed E-state index contributed by atoms with van der Waals surface area (Å²) in [5.74, 6) is -3.40. The van der Waals surface area contributed by atoms with Crippen molar-refractivity contribution in [2.75, 3.05) is 12.4 Å². The lowest BCUT2D eigenvalue weighted by Crippen LogP contribution is -2.57. The number of halogens is 2. The summed E-state index contributed by atoms with van der Waals surface area (Å²) >= 11 is 0. The van der Waals surface area contributed by atoms with E-state index >= 15 is 0 Å². The van der Waals surface area contributed by atoms with Gasteiger partial charge < -0.3 is 20.9 Å². The third-order valence-electron chi connectivity index (χ3n) is 5.97. The van der Waals surface area contributed by atoms with Crippen LogP contribution in [0.4, 0.5) is 14.5 Å². The average Bonchev–Trinajstić information content (AvgIpc) is 3.17. The minimum Gasteiger partial charge on any atom is -0.342 e. The molecule has 0 aliphatic carbocycles. The molecule has 1 heterocycles. The standard InChI is InChI=1S/C25H30F2N4O3/c1-14(28-5)22(32)30-21(25(2,3)4)24(34)31-13-15-9-6-7-10-16(15)20(31)23(33)29-19-17(26)11-8-12-18(19)27/h6-12,14,20-21,28H,13H2,1-5H3,(H,29,33)(H,30,32)/t14?,20-,21?/m0/s1. The van der Waals surface area contributed by atoms with Gasteiger partial charge in [0.1, 0.15) is 29.4 Å². The molecule has 3 amide bonds. The van der Waals surface area contributed by atoms with Crippen LogP contribution in [0, 0.1) is 17.0 Å². The highest BCUT2D eigenvalue weighted by Gasteiger charge is 2.44. The van der Waals surface area contributed by atoms with Crippen LogP contribution in [0.5, 0.6) is 0 Å². The molecule has 0 radical (unpaired) electrons. The van der Waals surface area contributed by atoms with E-state index in [0.29, 0.717) is 5.56 Å². The van der Waals surface area contributed by atoms with Crippen molar-refractivity contribution in [2.45, 2.75) is 52.4 Å². The van der Waals surface area contributed by atoms with E-state index in [2.05, 4.69) is 16.0 Å². The maximum absolute atomic E-state index is 14.2. The average molecular weight is 473 g/mol. The zero-order valence-corrected chi connectivity index (χ0v) is 19.9. The molecule has 182 valence electrons. The van der Waals surface area contributed by atoms with E-state index in [0.717, 1.165) is 17.7 Å². The van der Waals surface area contributed by atoms with Crippen LogP contribution in [0.1, 0.15) is 44.9 Å². The normalized spacial score (nSPS) is 17.0. The van der Waals surface area contributed by atoms with Crippen LogP contribution in [0.15, 0.2) is 42.5 Å². The summed E-state index contributed by atoms with van der Waals surface area (Å²) in [4.78, 5) is 41.0. The van der Waals surface area contributed by atoms with Gasteiger partial charge in [-0.3, -0.25) is 14.4 Å². The first-order valence-electron chi connectivity index (χ1n) is 11.1. The first kappa shape index (κ1) is 25.3. The fourth-order valence-corrected chi connectivity index (χ4v) is 3.90. The fraction of sp³-hybridized carbons (Fsp3) is 0.400. The van der Waals surface area contributed by atoms with Crippen molar-refractivity contribution in [1.29, 1.82) is 0 Å². The molecular formula is C25H30F2N4O3. The summed E-state index contributed by atoms with van der Waals surface area (Å²) in [6.07, 6.45) is 0. The number of hydrogen-bond acceptors (Lipinski definition) is 4. The highest BCUT2D eigenvalue weighted by Crippen LogP contribution is 2.37. The second-order valence-electron chi connectivity index (χ2n) is 9.47. The maximum atomic E-state index is 14.2. The Balaban J connectivity index is 1.97. The number of anilines is 1. The van der Waals surface area contributed by atoms with Gasteiger partial charge in [-0.2, -0.15) is 0 Å². The van der Waals surface area contributed by atoms with Gasteiger partial charge in [0.05, 0.1) is 6.04 Å². The van der Waals surface area contributed by atoms with Crippen LogP contribution in [0.2, 0.25) is 0 Å². The summed E-state index contributed by atoms with van der Waals surface area (Å²) < 4.78 is 28.4. The topological polar surface area (TPSA) is 90.5 Å². The lowest BCUT2D eigenvalue weighted by atomic mass is 9.85. The van der Waals surface area contributed by atoms with E-state index < -0.39 is 52.7 Å². The van der Waals surface area contributed by atoms with Crippen molar-refractivity contribution < 1.29 is 23.2 Å². The van der Waals surface area contributed by atoms with Gasteiger partial charge >= 0.3 is 0 Å². The first-order valence-corrected chi connectivity index (χ1v) is 11.1. The largest absolute Gasteiger partial charge is 0.342 e. The zero-order chi connectivity index (χ0) is 25.2. The summed E-state index contributed by atoms with van der Waals surface area (Å²) in [5.41, 5.74) is 0.0567. The molecule has 0 saturated carbocycles. The van der Waals surface area contributed by atoms with Gasteiger partial charge in [-0.15, -0.1) is 0 Å². The molecule has 9 heteroatoms. The van der Waals surface area contributed by atoms with Gasteiger partial charge in [-0.25, -0.2) is 8.78 Å². The fourth-order valence-electron chi connectivity index (χ4n) is 3.90. The van der Waals surface area contributed by atoms with E-state index in [1.54, 1.807) is 38.2 Å². The van der Waals surface area contributed by atoms with E-state index in [1.165, 1.54) is 11.0 Å². The number of para-hydroxylation sites is 1. The minimum absolute atomic E-state index is 0.122. The summed E-state index contributed by atoms with van der Waals surface area (Å²) in [5, 5.41) is 7.94. The molecule has 2 unspecified atom stereocenters. The van der Waals surface area contributed by atoms with Gasteiger partial charge in [0.25, 0.3) is 5.91 Å². The molecular weight excluding hydrogens is 442 g/mol. The molecule has 0 fully saturated rings. The Morgan fingerprint density at radius 3 is 2.24 bits per heavy atom. The number of likely N-dealkylation sites (N-methyl/N-ethyl adjacent to an activating group) is 1. The maximum Gasteiger partial charge on any atom is 0.252 e. The van der Waals surface area contributed by atoms with Crippen molar-refractivity contribution in [2.24, 2.45) is 5.41 Å². The molecule has 3 atom stereocenters. The molecule has 0 aromatic heterocycles. The highest BCUT2D eigenvalue weighted by molar-refractivity contribution is 6.00. The second-order valence-corrected chi connectivity index (χ2v) is 9.47. The number of rotatable bonds is 6.